The van der Waals surface area contributed by atoms with Gasteiger partial charge in [-0.2, -0.15) is 0 Å². The minimum atomic E-state index is 0.0777. The zero-order valence-electron chi connectivity index (χ0n) is 12.3. The molecule has 0 saturated heterocycles. The molecule has 2 fully saturated rings. The van der Waals surface area contributed by atoms with E-state index < -0.39 is 0 Å². The molecular weight excluding hydrogens is 244 g/mol. The lowest BCUT2D eigenvalue weighted by Gasteiger charge is -2.25. The third kappa shape index (κ3) is 2.68. The topological polar surface area (TPSA) is 29.3 Å². The van der Waals surface area contributed by atoms with Crippen LogP contribution in [0.3, 0.4) is 0 Å². The third-order valence-electron chi connectivity index (χ3n) is 5.17. The van der Waals surface area contributed by atoms with Crippen LogP contribution in [-0.2, 0) is 6.54 Å². The Morgan fingerprint density at radius 1 is 1.20 bits per heavy atom. The van der Waals surface area contributed by atoms with Gasteiger partial charge in [-0.3, -0.25) is 4.90 Å². The maximum atomic E-state index is 6.70. The van der Waals surface area contributed by atoms with Crippen molar-refractivity contribution in [1.29, 1.82) is 0 Å². The SMILES string of the molecule is C=CCN(Cc1ccccc1)CC1(N)C2CCCCC21. The normalized spacial score (nSPS) is 31.9. The van der Waals surface area contributed by atoms with Crippen LogP contribution in [0.15, 0.2) is 43.0 Å². The Hall–Kier alpha value is -1.12. The molecule has 2 heteroatoms. The maximum Gasteiger partial charge on any atom is 0.0347 e. The van der Waals surface area contributed by atoms with Crippen LogP contribution >= 0.6 is 0 Å². The molecule has 2 atom stereocenters. The van der Waals surface area contributed by atoms with Crippen LogP contribution in [0, 0.1) is 11.8 Å². The van der Waals surface area contributed by atoms with E-state index in [1.807, 2.05) is 6.08 Å². The summed E-state index contributed by atoms with van der Waals surface area (Å²) in [5, 5.41) is 0. The molecule has 1 aromatic carbocycles. The van der Waals surface area contributed by atoms with Gasteiger partial charge in [0, 0.05) is 25.2 Å². The average Bonchev–Trinajstić information content (AvgIpc) is 3.06. The van der Waals surface area contributed by atoms with Gasteiger partial charge in [0.25, 0.3) is 0 Å². The summed E-state index contributed by atoms with van der Waals surface area (Å²) in [4.78, 5) is 2.46. The van der Waals surface area contributed by atoms with Crippen LogP contribution in [0.25, 0.3) is 0 Å². The van der Waals surface area contributed by atoms with Gasteiger partial charge in [-0.25, -0.2) is 0 Å². The molecule has 2 N–H and O–H groups in total. The molecule has 2 aliphatic rings. The van der Waals surface area contributed by atoms with Crippen molar-refractivity contribution in [1.82, 2.24) is 4.90 Å². The Kier molecular flexibility index (Phi) is 3.95. The van der Waals surface area contributed by atoms with Gasteiger partial charge in [0.2, 0.25) is 0 Å². The van der Waals surface area contributed by atoms with Gasteiger partial charge in [-0.05, 0) is 30.2 Å². The standard InChI is InChI=1S/C18H26N2/c1-2-12-20(13-15-8-4-3-5-9-15)14-18(19)16-10-6-7-11-17(16)18/h2-5,8-9,16-17H,1,6-7,10-14,19H2. The molecule has 3 rings (SSSR count). The molecule has 0 aliphatic heterocycles. The van der Waals surface area contributed by atoms with E-state index in [1.54, 1.807) is 0 Å². The summed E-state index contributed by atoms with van der Waals surface area (Å²) in [6.07, 6.45) is 7.43. The van der Waals surface area contributed by atoms with Crippen LogP contribution in [0.2, 0.25) is 0 Å². The predicted molar refractivity (Wildman–Crippen MR) is 84.3 cm³/mol. The Bertz CT molecular complexity index is 442. The fourth-order valence-corrected chi connectivity index (χ4v) is 4.13. The van der Waals surface area contributed by atoms with Crippen molar-refractivity contribution in [3.8, 4) is 0 Å². The molecule has 0 spiro atoms. The van der Waals surface area contributed by atoms with Crippen molar-refractivity contribution in [3.63, 3.8) is 0 Å². The fourth-order valence-electron chi connectivity index (χ4n) is 4.13. The molecule has 0 amide bonds. The van der Waals surface area contributed by atoms with E-state index in [2.05, 4.69) is 41.8 Å². The monoisotopic (exact) mass is 270 g/mol. The van der Waals surface area contributed by atoms with E-state index in [0.29, 0.717) is 0 Å². The van der Waals surface area contributed by atoms with E-state index in [0.717, 1.165) is 31.5 Å². The van der Waals surface area contributed by atoms with Crippen molar-refractivity contribution < 1.29 is 0 Å². The second-order valence-electron chi connectivity index (χ2n) is 6.55. The molecule has 0 bridgehead atoms. The second kappa shape index (κ2) is 5.71. The first kappa shape index (κ1) is 13.8. The Balaban J connectivity index is 1.64. The number of fused-ring (bicyclic) bond motifs is 1. The summed E-state index contributed by atoms with van der Waals surface area (Å²) in [5.41, 5.74) is 8.15. The summed E-state index contributed by atoms with van der Waals surface area (Å²) in [6, 6.07) is 10.7. The quantitative estimate of drug-likeness (QED) is 0.804. The van der Waals surface area contributed by atoms with Crippen molar-refractivity contribution in [3.05, 3.63) is 48.6 Å². The summed E-state index contributed by atoms with van der Waals surface area (Å²) in [5.74, 6) is 1.55. The molecule has 2 aliphatic carbocycles. The van der Waals surface area contributed by atoms with E-state index in [9.17, 15) is 0 Å². The van der Waals surface area contributed by atoms with Crippen molar-refractivity contribution in [2.75, 3.05) is 13.1 Å². The van der Waals surface area contributed by atoms with Crippen LogP contribution in [0.5, 0.6) is 0 Å². The lowest BCUT2D eigenvalue weighted by molar-refractivity contribution is 0.255. The molecule has 0 heterocycles. The van der Waals surface area contributed by atoms with Crippen molar-refractivity contribution in [2.24, 2.45) is 17.6 Å². The number of hydrogen-bond donors (Lipinski definition) is 1. The fraction of sp³-hybridized carbons (Fsp3) is 0.556. The van der Waals surface area contributed by atoms with Crippen molar-refractivity contribution in [2.45, 2.75) is 37.8 Å². The lowest BCUT2D eigenvalue weighted by atomic mass is 10.0. The first-order valence-corrected chi connectivity index (χ1v) is 7.90. The van der Waals surface area contributed by atoms with E-state index >= 15 is 0 Å². The highest BCUT2D eigenvalue weighted by Gasteiger charge is 2.61. The molecule has 0 aromatic heterocycles. The third-order valence-corrected chi connectivity index (χ3v) is 5.17. The molecular formula is C18H26N2. The van der Waals surface area contributed by atoms with E-state index in [4.69, 9.17) is 5.73 Å². The second-order valence-corrected chi connectivity index (χ2v) is 6.55. The summed E-state index contributed by atoms with van der Waals surface area (Å²) in [7, 11) is 0. The molecule has 20 heavy (non-hydrogen) atoms. The number of hydrogen-bond acceptors (Lipinski definition) is 2. The van der Waals surface area contributed by atoms with Gasteiger partial charge in [-0.1, -0.05) is 49.2 Å². The molecule has 1 aromatic rings. The summed E-state index contributed by atoms with van der Waals surface area (Å²) in [6.45, 7) is 6.82. The van der Waals surface area contributed by atoms with Gasteiger partial charge in [0.05, 0.1) is 0 Å². The molecule has 2 saturated carbocycles. The number of nitrogens with zero attached hydrogens (tertiary/aromatic N) is 1. The average molecular weight is 270 g/mol. The van der Waals surface area contributed by atoms with Gasteiger partial charge >= 0.3 is 0 Å². The first-order chi connectivity index (χ1) is 9.74. The Morgan fingerprint density at radius 3 is 2.45 bits per heavy atom. The van der Waals surface area contributed by atoms with Crippen LogP contribution in [0.4, 0.5) is 0 Å². The number of nitrogens with two attached hydrogens (primary N) is 1. The minimum Gasteiger partial charge on any atom is -0.324 e. The van der Waals surface area contributed by atoms with Gasteiger partial charge in [-0.15, -0.1) is 6.58 Å². The lowest BCUT2D eigenvalue weighted by Crippen LogP contribution is -2.42. The zero-order chi connectivity index (χ0) is 14.0. The molecule has 0 radical (unpaired) electrons. The molecule has 108 valence electrons. The minimum absolute atomic E-state index is 0.0777. The van der Waals surface area contributed by atoms with Gasteiger partial charge in [0.1, 0.15) is 0 Å². The van der Waals surface area contributed by atoms with E-state index in [1.165, 1.54) is 31.2 Å². The Labute approximate surface area is 122 Å². The van der Waals surface area contributed by atoms with Crippen LogP contribution < -0.4 is 5.73 Å². The summed E-state index contributed by atoms with van der Waals surface area (Å²) >= 11 is 0. The van der Waals surface area contributed by atoms with Gasteiger partial charge < -0.3 is 5.73 Å². The molecule has 2 unspecified atom stereocenters. The predicted octanol–water partition coefficient (Wildman–Crippen LogP) is 3.19. The number of benzene rings is 1. The highest BCUT2D eigenvalue weighted by Crippen LogP contribution is 2.57. The largest absolute Gasteiger partial charge is 0.324 e. The van der Waals surface area contributed by atoms with E-state index in [-0.39, 0.29) is 5.54 Å². The van der Waals surface area contributed by atoms with Crippen LogP contribution in [0.1, 0.15) is 31.2 Å². The molecule has 2 nitrogen and oxygen atoms in total. The highest BCUT2D eigenvalue weighted by molar-refractivity contribution is 5.19. The number of rotatable bonds is 6. The smallest absolute Gasteiger partial charge is 0.0347 e. The van der Waals surface area contributed by atoms with Gasteiger partial charge in [0.15, 0.2) is 0 Å². The van der Waals surface area contributed by atoms with Crippen LogP contribution in [-0.4, -0.2) is 23.5 Å². The first-order valence-electron chi connectivity index (χ1n) is 7.90. The summed E-state index contributed by atoms with van der Waals surface area (Å²) < 4.78 is 0. The Morgan fingerprint density at radius 2 is 1.85 bits per heavy atom. The highest BCUT2D eigenvalue weighted by atomic mass is 15.2. The zero-order valence-corrected chi connectivity index (χ0v) is 12.3. The van der Waals surface area contributed by atoms with Crippen molar-refractivity contribution >= 4 is 0 Å². The maximum absolute atomic E-state index is 6.70.